The molecule has 0 spiro atoms. The van der Waals surface area contributed by atoms with E-state index in [-0.39, 0.29) is 13.0 Å². The van der Waals surface area contributed by atoms with Gasteiger partial charge in [0.05, 0.1) is 6.42 Å². The van der Waals surface area contributed by atoms with Gasteiger partial charge in [-0.1, -0.05) is 6.92 Å². The van der Waals surface area contributed by atoms with Crippen molar-refractivity contribution >= 4 is 11.9 Å². The van der Waals surface area contributed by atoms with Gasteiger partial charge in [0.25, 0.3) is 0 Å². The molecule has 1 unspecified atom stereocenters. The molecule has 0 bridgehead atoms. The second-order valence-electron chi connectivity index (χ2n) is 2.89. The summed E-state index contributed by atoms with van der Waals surface area (Å²) in [6, 6.07) is -0.584. The van der Waals surface area contributed by atoms with Gasteiger partial charge in [-0.3, -0.25) is 14.5 Å². The Morgan fingerprint density at radius 3 is 2.23 bits per heavy atom. The highest BCUT2D eigenvalue weighted by Crippen LogP contribution is 2.02. The van der Waals surface area contributed by atoms with E-state index in [1.54, 1.807) is 14.0 Å². The molecule has 2 N–H and O–H groups in total. The second kappa shape index (κ2) is 5.53. The van der Waals surface area contributed by atoms with E-state index in [0.717, 1.165) is 0 Å². The lowest BCUT2D eigenvalue weighted by molar-refractivity contribution is -0.144. The van der Waals surface area contributed by atoms with Gasteiger partial charge in [0.15, 0.2) is 0 Å². The van der Waals surface area contributed by atoms with Gasteiger partial charge < -0.3 is 10.2 Å². The molecule has 0 saturated heterocycles. The Morgan fingerprint density at radius 1 is 1.38 bits per heavy atom. The van der Waals surface area contributed by atoms with Gasteiger partial charge in [0, 0.05) is 6.54 Å². The van der Waals surface area contributed by atoms with Crippen LogP contribution in [0.2, 0.25) is 0 Å². The number of aliphatic carboxylic acids is 2. The lowest BCUT2D eigenvalue weighted by Crippen LogP contribution is -2.39. The Kier molecular flexibility index (Phi) is 5.06. The molecular formula is C8H15NO4. The molecule has 0 aliphatic heterocycles. The molecule has 0 amide bonds. The van der Waals surface area contributed by atoms with E-state index < -0.39 is 18.0 Å². The molecule has 0 radical (unpaired) electrons. The number of rotatable bonds is 6. The van der Waals surface area contributed by atoms with Crippen LogP contribution in [0.25, 0.3) is 0 Å². The summed E-state index contributed by atoms with van der Waals surface area (Å²) in [4.78, 5) is 22.4. The van der Waals surface area contributed by atoms with Crippen molar-refractivity contribution in [2.75, 3.05) is 13.6 Å². The summed E-state index contributed by atoms with van der Waals surface area (Å²) in [6.07, 6.45) is 0.450. The Labute approximate surface area is 77.0 Å². The van der Waals surface area contributed by atoms with Gasteiger partial charge in [0.1, 0.15) is 6.04 Å². The van der Waals surface area contributed by atoms with Crippen molar-refractivity contribution in [1.82, 2.24) is 4.90 Å². The van der Waals surface area contributed by atoms with E-state index in [1.807, 2.05) is 0 Å². The predicted octanol–water partition coefficient (Wildman–Crippen LogP) is 0.256. The molecule has 76 valence electrons. The third-order valence-corrected chi connectivity index (χ3v) is 1.88. The topological polar surface area (TPSA) is 77.8 Å². The summed E-state index contributed by atoms with van der Waals surface area (Å²) in [5, 5.41) is 17.1. The van der Waals surface area contributed by atoms with Crippen molar-refractivity contribution in [3.05, 3.63) is 0 Å². The molecule has 5 heteroatoms. The first-order valence-electron chi connectivity index (χ1n) is 4.13. The van der Waals surface area contributed by atoms with Gasteiger partial charge in [-0.25, -0.2) is 0 Å². The van der Waals surface area contributed by atoms with Crippen molar-refractivity contribution < 1.29 is 19.8 Å². The van der Waals surface area contributed by atoms with Crippen molar-refractivity contribution in [1.29, 1.82) is 0 Å². The van der Waals surface area contributed by atoms with E-state index in [2.05, 4.69) is 0 Å². The molecule has 0 rings (SSSR count). The molecule has 0 heterocycles. The quantitative estimate of drug-likeness (QED) is 0.626. The van der Waals surface area contributed by atoms with Crippen LogP contribution < -0.4 is 0 Å². The van der Waals surface area contributed by atoms with Crippen LogP contribution in [0.5, 0.6) is 0 Å². The Hall–Kier alpha value is -1.10. The maximum Gasteiger partial charge on any atom is 0.320 e. The number of hydrogen-bond donors (Lipinski definition) is 2. The minimum atomic E-state index is -0.910. The average Bonchev–Trinajstić information content (AvgIpc) is 2.01. The molecule has 0 aromatic heterocycles. The van der Waals surface area contributed by atoms with Crippen molar-refractivity contribution in [3.63, 3.8) is 0 Å². The predicted molar refractivity (Wildman–Crippen MR) is 46.6 cm³/mol. The summed E-state index contributed by atoms with van der Waals surface area (Å²) < 4.78 is 0. The molecule has 0 fully saturated rings. The van der Waals surface area contributed by atoms with Crippen molar-refractivity contribution in [3.8, 4) is 0 Å². The Balaban J connectivity index is 3.98. The molecule has 0 aromatic carbocycles. The van der Waals surface area contributed by atoms with Crippen LogP contribution in [0.3, 0.4) is 0 Å². The lowest BCUT2D eigenvalue weighted by Gasteiger charge is -2.22. The fourth-order valence-electron chi connectivity index (χ4n) is 1.10. The van der Waals surface area contributed by atoms with E-state index in [0.29, 0.717) is 6.42 Å². The maximum atomic E-state index is 10.6. The van der Waals surface area contributed by atoms with Gasteiger partial charge in [-0.05, 0) is 13.5 Å². The van der Waals surface area contributed by atoms with E-state index in [9.17, 15) is 9.59 Å². The first-order valence-corrected chi connectivity index (χ1v) is 4.13. The van der Waals surface area contributed by atoms with Gasteiger partial charge in [-0.15, -0.1) is 0 Å². The zero-order chi connectivity index (χ0) is 10.4. The fourth-order valence-corrected chi connectivity index (χ4v) is 1.10. The average molecular weight is 189 g/mol. The largest absolute Gasteiger partial charge is 0.481 e. The fraction of sp³-hybridized carbons (Fsp3) is 0.750. The zero-order valence-corrected chi connectivity index (χ0v) is 7.86. The zero-order valence-electron chi connectivity index (χ0n) is 7.86. The van der Waals surface area contributed by atoms with Crippen LogP contribution in [0.1, 0.15) is 19.8 Å². The number of nitrogens with zero attached hydrogens (tertiary/aromatic N) is 1. The molecule has 13 heavy (non-hydrogen) atoms. The first-order chi connectivity index (χ1) is 5.99. The lowest BCUT2D eigenvalue weighted by atomic mass is 10.2. The van der Waals surface area contributed by atoms with Crippen molar-refractivity contribution in [2.24, 2.45) is 0 Å². The van der Waals surface area contributed by atoms with Crippen LogP contribution >= 0.6 is 0 Å². The minimum Gasteiger partial charge on any atom is -0.481 e. The summed E-state index contributed by atoms with van der Waals surface area (Å²) in [6.45, 7) is 2.02. The van der Waals surface area contributed by atoms with E-state index >= 15 is 0 Å². The summed E-state index contributed by atoms with van der Waals surface area (Å²) in [5.41, 5.74) is 0. The minimum absolute atomic E-state index is 0.0275. The molecule has 1 atom stereocenters. The van der Waals surface area contributed by atoms with Crippen LogP contribution in [0.4, 0.5) is 0 Å². The van der Waals surface area contributed by atoms with Crippen LogP contribution in [0, 0.1) is 0 Å². The van der Waals surface area contributed by atoms with Crippen molar-refractivity contribution in [2.45, 2.75) is 25.8 Å². The third-order valence-electron chi connectivity index (χ3n) is 1.88. The smallest absolute Gasteiger partial charge is 0.320 e. The standard InChI is InChI=1S/C8H15NO4/c1-3-6(8(12)13)9(2)5-4-7(10)11/h6H,3-5H2,1-2H3,(H,10,11)(H,12,13). The molecular weight excluding hydrogens is 174 g/mol. The normalized spacial score (nSPS) is 12.8. The molecule has 0 aliphatic carbocycles. The van der Waals surface area contributed by atoms with Crippen LogP contribution in [0.15, 0.2) is 0 Å². The van der Waals surface area contributed by atoms with Gasteiger partial charge >= 0.3 is 11.9 Å². The highest BCUT2D eigenvalue weighted by atomic mass is 16.4. The SMILES string of the molecule is CCC(C(=O)O)N(C)CCC(=O)O. The van der Waals surface area contributed by atoms with Crippen LogP contribution in [-0.4, -0.2) is 46.7 Å². The van der Waals surface area contributed by atoms with Crippen LogP contribution in [-0.2, 0) is 9.59 Å². The number of carboxylic acids is 2. The highest BCUT2D eigenvalue weighted by Gasteiger charge is 2.20. The summed E-state index contributed by atoms with van der Waals surface area (Å²) in [5.74, 6) is -1.82. The van der Waals surface area contributed by atoms with E-state index in [1.165, 1.54) is 4.90 Å². The molecule has 0 saturated carbocycles. The monoisotopic (exact) mass is 189 g/mol. The maximum absolute atomic E-state index is 10.6. The molecule has 0 aliphatic rings. The first kappa shape index (κ1) is 11.9. The summed E-state index contributed by atoms with van der Waals surface area (Å²) >= 11 is 0. The van der Waals surface area contributed by atoms with Gasteiger partial charge in [-0.2, -0.15) is 0 Å². The third kappa shape index (κ3) is 4.47. The summed E-state index contributed by atoms with van der Waals surface area (Å²) in [7, 11) is 1.62. The molecule has 5 nitrogen and oxygen atoms in total. The Bertz CT molecular complexity index is 193. The Morgan fingerprint density at radius 2 is 1.92 bits per heavy atom. The highest BCUT2D eigenvalue weighted by molar-refractivity contribution is 5.73. The molecule has 0 aromatic rings. The number of carboxylic acid groups (broad SMARTS) is 2. The number of hydrogen-bond acceptors (Lipinski definition) is 3. The second-order valence-corrected chi connectivity index (χ2v) is 2.89. The van der Waals surface area contributed by atoms with E-state index in [4.69, 9.17) is 10.2 Å². The number of carbonyl (C=O) groups is 2. The number of likely N-dealkylation sites (N-methyl/N-ethyl adjacent to an activating group) is 1. The van der Waals surface area contributed by atoms with Gasteiger partial charge in [0.2, 0.25) is 0 Å².